The normalized spacial score (nSPS) is 16.6. The van der Waals surface area contributed by atoms with E-state index in [0.717, 1.165) is 12.5 Å². The van der Waals surface area contributed by atoms with Crippen LogP contribution in [-0.4, -0.2) is 51.6 Å². The summed E-state index contributed by atoms with van der Waals surface area (Å²) < 4.78 is 66.2. The Morgan fingerprint density at radius 1 is 1.24 bits per heavy atom. The topological polar surface area (TPSA) is 69.7 Å². The molecule has 1 aromatic carbocycles. The van der Waals surface area contributed by atoms with Crippen LogP contribution in [0.25, 0.3) is 0 Å². The van der Waals surface area contributed by atoms with Crippen molar-refractivity contribution >= 4 is 27.3 Å². The molecule has 0 bridgehead atoms. The third kappa shape index (κ3) is 6.08. The third-order valence-electron chi connectivity index (χ3n) is 5.06. The third-order valence-corrected chi connectivity index (χ3v) is 7.01. The van der Waals surface area contributed by atoms with Crippen LogP contribution in [0.15, 0.2) is 18.2 Å². The summed E-state index contributed by atoms with van der Waals surface area (Å²) in [5.41, 5.74) is -0.816. The minimum atomic E-state index is -4.61. The van der Waals surface area contributed by atoms with Crippen LogP contribution in [0.4, 0.5) is 24.5 Å². The molecule has 0 aliphatic carbocycles. The van der Waals surface area contributed by atoms with Gasteiger partial charge >= 0.3 is 6.18 Å². The average Bonchev–Trinajstić information content (AvgIpc) is 2.65. The first kappa shape index (κ1) is 23.5. The lowest BCUT2D eigenvalue weighted by Crippen LogP contribution is -2.42. The number of carbonyl (C=O) groups is 1. The van der Waals surface area contributed by atoms with E-state index in [4.69, 9.17) is 0 Å². The molecule has 2 rings (SSSR count). The van der Waals surface area contributed by atoms with Gasteiger partial charge in [0.25, 0.3) is 0 Å². The van der Waals surface area contributed by atoms with Crippen molar-refractivity contribution in [1.29, 1.82) is 0 Å². The molecule has 1 saturated heterocycles. The lowest BCUT2D eigenvalue weighted by molar-refractivity contribution is -0.137. The van der Waals surface area contributed by atoms with Crippen molar-refractivity contribution in [3.8, 4) is 0 Å². The molecule has 0 atom stereocenters. The van der Waals surface area contributed by atoms with Crippen LogP contribution < -0.4 is 10.2 Å². The minimum Gasteiger partial charge on any atom is -0.378 e. The van der Waals surface area contributed by atoms with Gasteiger partial charge in [0.2, 0.25) is 15.9 Å². The number of nitrogens with zero attached hydrogens (tertiary/aromatic N) is 2. The van der Waals surface area contributed by atoms with Crippen LogP contribution in [0.1, 0.15) is 38.2 Å². The minimum absolute atomic E-state index is 0.0769. The van der Waals surface area contributed by atoms with E-state index in [9.17, 15) is 26.4 Å². The molecule has 0 aromatic heterocycles. The van der Waals surface area contributed by atoms with Crippen molar-refractivity contribution in [2.75, 3.05) is 43.2 Å². The number of carbonyl (C=O) groups excluding carboxylic acids is 1. The van der Waals surface area contributed by atoms with Crippen LogP contribution in [0.3, 0.4) is 0 Å². The summed E-state index contributed by atoms with van der Waals surface area (Å²) in [6.07, 6.45) is -2.69. The van der Waals surface area contributed by atoms with Gasteiger partial charge in [0.05, 0.1) is 17.0 Å². The first-order valence-corrected chi connectivity index (χ1v) is 11.2. The van der Waals surface area contributed by atoms with Crippen molar-refractivity contribution in [3.63, 3.8) is 0 Å². The maximum Gasteiger partial charge on any atom is 0.418 e. The number of piperidine rings is 1. The Morgan fingerprint density at radius 3 is 2.38 bits per heavy atom. The zero-order valence-electron chi connectivity index (χ0n) is 16.9. The van der Waals surface area contributed by atoms with Crippen molar-refractivity contribution in [2.45, 2.75) is 38.8 Å². The largest absolute Gasteiger partial charge is 0.418 e. The van der Waals surface area contributed by atoms with E-state index >= 15 is 0 Å². The number of amides is 1. The van der Waals surface area contributed by atoms with Gasteiger partial charge in [-0.25, -0.2) is 12.7 Å². The number of alkyl halides is 3. The first-order valence-electron chi connectivity index (χ1n) is 9.63. The second kappa shape index (κ2) is 9.34. The number of rotatable bonds is 7. The van der Waals surface area contributed by atoms with Gasteiger partial charge in [-0.15, -0.1) is 0 Å². The molecular weight excluding hydrogens is 407 g/mol. The fourth-order valence-electron chi connectivity index (χ4n) is 3.24. The highest BCUT2D eigenvalue weighted by molar-refractivity contribution is 7.89. The summed E-state index contributed by atoms with van der Waals surface area (Å²) in [6.45, 7) is 2.32. The lowest BCUT2D eigenvalue weighted by atomic mass is 9.97. The Balaban J connectivity index is 2.07. The lowest BCUT2D eigenvalue weighted by Gasteiger charge is -2.30. The number of sulfonamides is 1. The smallest absolute Gasteiger partial charge is 0.378 e. The molecule has 0 radical (unpaired) electrons. The van der Waals surface area contributed by atoms with Crippen LogP contribution >= 0.6 is 0 Å². The van der Waals surface area contributed by atoms with E-state index in [1.54, 1.807) is 19.0 Å². The zero-order valence-corrected chi connectivity index (χ0v) is 17.7. The summed E-state index contributed by atoms with van der Waals surface area (Å²) in [5.74, 6) is -0.964. The Bertz CT molecular complexity index is 818. The van der Waals surface area contributed by atoms with Crippen molar-refractivity contribution < 1.29 is 26.4 Å². The zero-order chi connectivity index (χ0) is 21.8. The molecule has 29 heavy (non-hydrogen) atoms. The SMILES string of the molecule is CCCCS(=O)(=O)N1CCC(C(=O)Nc2ccc(N(C)C)cc2C(F)(F)F)CC1. The van der Waals surface area contributed by atoms with Crippen LogP contribution in [0.2, 0.25) is 0 Å². The number of halogens is 3. The Kier molecular flexibility index (Phi) is 7.56. The predicted molar refractivity (Wildman–Crippen MR) is 107 cm³/mol. The summed E-state index contributed by atoms with van der Waals surface area (Å²) in [5, 5.41) is 2.40. The highest BCUT2D eigenvalue weighted by Crippen LogP contribution is 2.37. The maximum atomic E-state index is 13.4. The van der Waals surface area contributed by atoms with Gasteiger partial charge in [-0.3, -0.25) is 4.79 Å². The highest BCUT2D eigenvalue weighted by atomic mass is 32.2. The molecule has 1 amide bonds. The Labute approximate surface area is 170 Å². The first-order chi connectivity index (χ1) is 13.5. The molecule has 164 valence electrons. The number of hydrogen-bond acceptors (Lipinski definition) is 4. The van der Waals surface area contributed by atoms with E-state index in [-0.39, 0.29) is 37.4 Å². The van der Waals surface area contributed by atoms with Crippen LogP contribution in [0.5, 0.6) is 0 Å². The van der Waals surface area contributed by atoms with Crippen molar-refractivity contribution in [2.24, 2.45) is 5.92 Å². The van der Waals surface area contributed by atoms with E-state index < -0.39 is 33.6 Å². The molecule has 1 aromatic rings. The number of benzene rings is 1. The molecular formula is C19H28F3N3O3S. The van der Waals surface area contributed by atoms with Crippen LogP contribution in [-0.2, 0) is 21.0 Å². The number of unbranched alkanes of at least 4 members (excludes halogenated alkanes) is 1. The fraction of sp³-hybridized carbons (Fsp3) is 0.632. The number of nitrogens with one attached hydrogen (secondary N) is 1. The summed E-state index contributed by atoms with van der Waals surface area (Å²) in [6, 6.07) is 3.76. The van der Waals surface area contributed by atoms with E-state index in [1.165, 1.54) is 16.4 Å². The van der Waals surface area contributed by atoms with Gasteiger partial charge in [0, 0.05) is 38.8 Å². The predicted octanol–water partition coefficient (Wildman–Crippen LogP) is 3.55. The molecule has 1 N–H and O–H groups in total. The molecule has 10 heteroatoms. The molecule has 0 saturated carbocycles. The Morgan fingerprint density at radius 2 is 1.86 bits per heavy atom. The van der Waals surface area contributed by atoms with Gasteiger partial charge in [-0.2, -0.15) is 13.2 Å². The molecule has 1 aliphatic rings. The van der Waals surface area contributed by atoms with E-state index in [1.807, 2.05) is 6.92 Å². The van der Waals surface area contributed by atoms with Gasteiger partial charge in [0.15, 0.2) is 0 Å². The molecule has 0 unspecified atom stereocenters. The molecule has 1 heterocycles. The quantitative estimate of drug-likeness (QED) is 0.711. The highest BCUT2D eigenvalue weighted by Gasteiger charge is 2.36. The van der Waals surface area contributed by atoms with Gasteiger partial charge in [-0.05, 0) is 37.5 Å². The maximum absolute atomic E-state index is 13.4. The summed E-state index contributed by atoms with van der Waals surface area (Å²) >= 11 is 0. The number of anilines is 2. The van der Waals surface area contributed by atoms with Crippen LogP contribution in [0, 0.1) is 5.92 Å². The molecule has 1 fully saturated rings. The van der Waals surface area contributed by atoms with Crippen molar-refractivity contribution in [1.82, 2.24) is 4.31 Å². The number of hydrogen-bond donors (Lipinski definition) is 1. The van der Waals surface area contributed by atoms with E-state index in [0.29, 0.717) is 12.1 Å². The molecule has 1 aliphatic heterocycles. The summed E-state index contributed by atoms with van der Waals surface area (Å²) in [4.78, 5) is 14.1. The van der Waals surface area contributed by atoms with Crippen molar-refractivity contribution in [3.05, 3.63) is 23.8 Å². The molecule has 6 nitrogen and oxygen atoms in total. The average molecular weight is 436 g/mol. The molecule has 0 spiro atoms. The summed E-state index contributed by atoms with van der Waals surface area (Å²) in [7, 11) is -0.0743. The second-order valence-electron chi connectivity index (χ2n) is 7.45. The Hall–Kier alpha value is -1.81. The monoisotopic (exact) mass is 435 g/mol. The van der Waals surface area contributed by atoms with E-state index in [2.05, 4.69) is 5.32 Å². The van der Waals surface area contributed by atoms with Gasteiger partial charge in [-0.1, -0.05) is 13.3 Å². The van der Waals surface area contributed by atoms with Gasteiger partial charge < -0.3 is 10.2 Å². The second-order valence-corrected chi connectivity index (χ2v) is 9.54. The fourth-order valence-corrected chi connectivity index (χ4v) is 4.92. The standard InChI is InChI=1S/C19H28F3N3O3S/c1-4-5-12-29(27,28)25-10-8-14(9-11-25)18(26)23-17-7-6-15(24(2)3)13-16(17)19(20,21)22/h6-7,13-14H,4-5,8-12H2,1-3H3,(H,23,26). The van der Waals surface area contributed by atoms with Gasteiger partial charge in [0.1, 0.15) is 0 Å².